The molecular formula is C16H22N2O2. The fourth-order valence-corrected chi connectivity index (χ4v) is 3.13. The van der Waals surface area contributed by atoms with Gasteiger partial charge in [-0.3, -0.25) is 4.90 Å². The van der Waals surface area contributed by atoms with E-state index >= 15 is 0 Å². The highest BCUT2D eigenvalue weighted by atomic mass is 16.6. The molecule has 0 N–H and O–H groups in total. The second-order valence-corrected chi connectivity index (χ2v) is 5.46. The number of ether oxygens (including phenoxy) is 1. The summed E-state index contributed by atoms with van der Waals surface area (Å²) in [7, 11) is 0. The first kappa shape index (κ1) is 13.3. The van der Waals surface area contributed by atoms with E-state index in [4.69, 9.17) is 4.74 Å². The summed E-state index contributed by atoms with van der Waals surface area (Å²) in [5.41, 5.74) is 3.53. The van der Waals surface area contributed by atoms with E-state index in [1.54, 1.807) is 4.90 Å². The molecule has 1 aromatic carbocycles. The Bertz CT molecular complexity index is 495. The summed E-state index contributed by atoms with van der Waals surface area (Å²) in [6.07, 6.45) is 4.37. The van der Waals surface area contributed by atoms with Crippen molar-refractivity contribution in [3.05, 3.63) is 23.8 Å². The number of aryl methyl sites for hydroxylation is 1. The van der Waals surface area contributed by atoms with Crippen LogP contribution in [0.3, 0.4) is 0 Å². The highest BCUT2D eigenvalue weighted by Gasteiger charge is 2.24. The highest BCUT2D eigenvalue weighted by Crippen LogP contribution is 2.33. The quantitative estimate of drug-likeness (QED) is 0.830. The Labute approximate surface area is 120 Å². The molecule has 0 aromatic heterocycles. The van der Waals surface area contributed by atoms with Gasteiger partial charge in [-0.05, 0) is 50.3 Å². The molecule has 20 heavy (non-hydrogen) atoms. The Morgan fingerprint density at radius 1 is 1.20 bits per heavy atom. The molecule has 108 valence electrons. The predicted octanol–water partition coefficient (Wildman–Crippen LogP) is 3.20. The smallest absolute Gasteiger partial charge is 0.414 e. The van der Waals surface area contributed by atoms with Gasteiger partial charge >= 0.3 is 6.09 Å². The molecule has 4 heteroatoms. The molecular weight excluding hydrogens is 252 g/mol. The van der Waals surface area contributed by atoms with Crippen LogP contribution in [0.4, 0.5) is 16.2 Å². The minimum absolute atomic E-state index is 0.216. The topological polar surface area (TPSA) is 32.8 Å². The highest BCUT2D eigenvalue weighted by molar-refractivity contribution is 5.90. The van der Waals surface area contributed by atoms with Crippen LogP contribution in [-0.4, -0.2) is 32.3 Å². The summed E-state index contributed by atoms with van der Waals surface area (Å²) < 4.78 is 5.18. The number of carbonyl (C=O) groups excluding carboxylic acids is 1. The van der Waals surface area contributed by atoms with E-state index in [2.05, 4.69) is 23.1 Å². The van der Waals surface area contributed by atoms with Crippen molar-refractivity contribution in [1.29, 1.82) is 0 Å². The summed E-state index contributed by atoms with van der Waals surface area (Å²) in [6, 6.07) is 6.53. The summed E-state index contributed by atoms with van der Waals surface area (Å²) in [4.78, 5) is 16.3. The number of hydrogen-bond acceptors (Lipinski definition) is 3. The number of rotatable bonds is 2. The number of fused-ring (bicyclic) bond motifs is 1. The van der Waals surface area contributed by atoms with Crippen molar-refractivity contribution in [1.82, 2.24) is 0 Å². The Morgan fingerprint density at radius 2 is 2.00 bits per heavy atom. The molecule has 3 rings (SSSR count). The average molecular weight is 274 g/mol. The summed E-state index contributed by atoms with van der Waals surface area (Å²) >= 11 is 0. The molecule has 1 fully saturated rings. The first-order chi connectivity index (χ1) is 9.79. The molecule has 1 aromatic rings. The maximum atomic E-state index is 12.1. The van der Waals surface area contributed by atoms with Gasteiger partial charge in [-0.1, -0.05) is 6.07 Å². The van der Waals surface area contributed by atoms with Gasteiger partial charge in [0.25, 0.3) is 0 Å². The van der Waals surface area contributed by atoms with Crippen LogP contribution in [0.5, 0.6) is 0 Å². The monoisotopic (exact) mass is 274 g/mol. The predicted molar refractivity (Wildman–Crippen MR) is 80.6 cm³/mol. The molecule has 0 unspecified atom stereocenters. The molecule has 0 spiro atoms. The van der Waals surface area contributed by atoms with Gasteiger partial charge in [-0.2, -0.15) is 0 Å². The zero-order valence-corrected chi connectivity index (χ0v) is 12.1. The summed E-state index contributed by atoms with van der Waals surface area (Å²) in [5.74, 6) is 0. The van der Waals surface area contributed by atoms with Crippen LogP contribution in [0.15, 0.2) is 18.2 Å². The van der Waals surface area contributed by atoms with Gasteiger partial charge in [0.1, 0.15) is 0 Å². The Balaban J connectivity index is 1.89. The van der Waals surface area contributed by atoms with Crippen LogP contribution >= 0.6 is 0 Å². The van der Waals surface area contributed by atoms with Gasteiger partial charge in [-0.25, -0.2) is 4.79 Å². The lowest BCUT2D eigenvalue weighted by Gasteiger charge is -2.30. The van der Waals surface area contributed by atoms with E-state index in [0.717, 1.165) is 38.2 Å². The third-order valence-electron chi connectivity index (χ3n) is 4.15. The molecule has 0 saturated carbocycles. The van der Waals surface area contributed by atoms with Gasteiger partial charge < -0.3 is 9.64 Å². The fraction of sp³-hybridized carbons (Fsp3) is 0.562. The van der Waals surface area contributed by atoms with Crippen molar-refractivity contribution in [2.45, 2.75) is 32.6 Å². The van der Waals surface area contributed by atoms with Crippen molar-refractivity contribution in [2.75, 3.05) is 36.0 Å². The third-order valence-corrected chi connectivity index (χ3v) is 4.15. The number of benzene rings is 1. The molecule has 1 amide bonds. The lowest BCUT2D eigenvalue weighted by Crippen LogP contribution is -2.36. The zero-order chi connectivity index (χ0) is 13.9. The number of carbonyl (C=O) groups is 1. The van der Waals surface area contributed by atoms with E-state index in [1.165, 1.54) is 24.1 Å². The van der Waals surface area contributed by atoms with Gasteiger partial charge in [0, 0.05) is 25.3 Å². The van der Waals surface area contributed by atoms with Gasteiger partial charge in [-0.15, -0.1) is 0 Å². The first-order valence-corrected chi connectivity index (χ1v) is 7.62. The first-order valence-electron chi connectivity index (χ1n) is 7.62. The lowest BCUT2D eigenvalue weighted by atomic mass is 10.0. The average Bonchev–Trinajstić information content (AvgIpc) is 3.00. The number of hydrogen-bond donors (Lipinski definition) is 0. The molecule has 1 saturated heterocycles. The standard InChI is InChI=1S/C16H22N2O2/c1-2-20-16(19)18-11-5-6-13-7-8-14(12-15(13)18)17-9-3-4-10-17/h7-8,12H,2-6,9-11H2,1H3. The molecule has 0 radical (unpaired) electrons. The van der Waals surface area contributed by atoms with Crippen LogP contribution in [0, 0.1) is 0 Å². The molecule has 2 aliphatic rings. The van der Waals surface area contributed by atoms with Crippen molar-refractivity contribution in [3.8, 4) is 0 Å². The Kier molecular flexibility index (Phi) is 3.81. The van der Waals surface area contributed by atoms with Crippen LogP contribution in [-0.2, 0) is 11.2 Å². The van der Waals surface area contributed by atoms with Crippen LogP contribution in [0.25, 0.3) is 0 Å². The minimum atomic E-state index is -0.216. The second kappa shape index (κ2) is 5.73. The largest absolute Gasteiger partial charge is 0.449 e. The number of amides is 1. The molecule has 2 heterocycles. The van der Waals surface area contributed by atoms with Crippen molar-refractivity contribution in [3.63, 3.8) is 0 Å². The third kappa shape index (κ3) is 2.47. The Morgan fingerprint density at radius 3 is 2.75 bits per heavy atom. The normalized spacial score (nSPS) is 18.1. The summed E-state index contributed by atoms with van der Waals surface area (Å²) in [5, 5.41) is 0. The van der Waals surface area contributed by atoms with Gasteiger partial charge in [0.2, 0.25) is 0 Å². The number of anilines is 2. The van der Waals surface area contributed by atoms with Gasteiger partial charge in [0.05, 0.1) is 12.3 Å². The summed E-state index contributed by atoms with van der Waals surface area (Å²) in [6.45, 7) is 5.28. The van der Waals surface area contributed by atoms with Crippen molar-refractivity contribution < 1.29 is 9.53 Å². The zero-order valence-electron chi connectivity index (χ0n) is 12.1. The number of nitrogens with zero attached hydrogens (tertiary/aromatic N) is 2. The minimum Gasteiger partial charge on any atom is -0.449 e. The fourth-order valence-electron chi connectivity index (χ4n) is 3.13. The molecule has 0 atom stereocenters. The van der Waals surface area contributed by atoms with Crippen molar-refractivity contribution >= 4 is 17.5 Å². The maximum Gasteiger partial charge on any atom is 0.414 e. The second-order valence-electron chi connectivity index (χ2n) is 5.46. The van der Waals surface area contributed by atoms with Crippen LogP contribution in [0.2, 0.25) is 0 Å². The van der Waals surface area contributed by atoms with E-state index in [0.29, 0.717) is 6.61 Å². The molecule has 0 bridgehead atoms. The van der Waals surface area contributed by atoms with E-state index in [9.17, 15) is 4.79 Å². The van der Waals surface area contributed by atoms with Crippen molar-refractivity contribution in [2.24, 2.45) is 0 Å². The molecule has 4 nitrogen and oxygen atoms in total. The van der Waals surface area contributed by atoms with E-state index < -0.39 is 0 Å². The van der Waals surface area contributed by atoms with E-state index in [1.807, 2.05) is 6.92 Å². The Hall–Kier alpha value is -1.71. The van der Waals surface area contributed by atoms with Crippen LogP contribution in [0.1, 0.15) is 31.7 Å². The van der Waals surface area contributed by atoms with E-state index in [-0.39, 0.29) is 6.09 Å². The van der Waals surface area contributed by atoms with Gasteiger partial charge in [0.15, 0.2) is 0 Å². The SMILES string of the molecule is CCOC(=O)N1CCCc2ccc(N3CCCC3)cc21. The van der Waals surface area contributed by atoms with Crippen LogP contribution < -0.4 is 9.80 Å². The maximum absolute atomic E-state index is 12.1. The molecule has 0 aliphatic carbocycles. The lowest BCUT2D eigenvalue weighted by molar-refractivity contribution is 0.159. The molecule has 2 aliphatic heterocycles.